The van der Waals surface area contributed by atoms with Crippen LogP contribution in [0, 0.1) is 0 Å². The van der Waals surface area contributed by atoms with Gasteiger partial charge in [-0.15, -0.1) is 11.3 Å². The van der Waals surface area contributed by atoms with Crippen LogP contribution in [0.15, 0.2) is 79.4 Å². The van der Waals surface area contributed by atoms with Crippen LogP contribution in [0.25, 0.3) is 21.6 Å². The minimum Gasteiger partial charge on any atom is -0.497 e. The van der Waals surface area contributed by atoms with Gasteiger partial charge in [-0.05, 0) is 42.5 Å². The Morgan fingerprint density at radius 1 is 0.909 bits per heavy atom. The number of amides is 1. The first kappa shape index (κ1) is 20.7. The Bertz CT molecular complexity index is 1410. The highest BCUT2D eigenvalue weighted by atomic mass is 32.1. The molecule has 162 valence electrons. The van der Waals surface area contributed by atoms with E-state index in [1.807, 2.05) is 48.5 Å². The maximum Gasteiger partial charge on any atom is 0.281 e. The zero-order valence-electron chi connectivity index (χ0n) is 17.6. The highest BCUT2D eigenvalue weighted by molar-refractivity contribution is 7.15. The molecule has 0 spiro atoms. The highest BCUT2D eigenvalue weighted by Gasteiger charge is 2.23. The monoisotopic (exact) mass is 454 g/mol. The Morgan fingerprint density at radius 3 is 2.42 bits per heavy atom. The number of methoxy groups -OCH3 is 1. The molecule has 0 saturated heterocycles. The number of hydrogen-bond donors (Lipinski definition) is 0. The van der Waals surface area contributed by atoms with E-state index < -0.39 is 0 Å². The van der Waals surface area contributed by atoms with Gasteiger partial charge in [0, 0.05) is 29.0 Å². The molecule has 3 aromatic heterocycles. The molecule has 33 heavy (non-hydrogen) atoms. The molecule has 0 bridgehead atoms. The van der Waals surface area contributed by atoms with Crippen LogP contribution in [0.5, 0.6) is 5.75 Å². The largest absolute Gasteiger partial charge is 0.497 e. The average molecular weight is 455 g/mol. The maximum absolute atomic E-state index is 13.5. The van der Waals surface area contributed by atoms with Gasteiger partial charge in [0.15, 0.2) is 0 Å². The van der Waals surface area contributed by atoms with Crippen LogP contribution in [-0.4, -0.2) is 37.9 Å². The second-order valence-electron chi connectivity index (χ2n) is 7.04. The van der Waals surface area contributed by atoms with E-state index in [1.54, 1.807) is 31.8 Å². The second kappa shape index (κ2) is 9.09. The Hall–Kier alpha value is -4.24. The van der Waals surface area contributed by atoms with E-state index in [2.05, 4.69) is 24.9 Å². The van der Waals surface area contributed by atoms with Gasteiger partial charge in [0.1, 0.15) is 16.5 Å². The number of anilines is 1. The van der Waals surface area contributed by atoms with E-state index in [4.69, 9.17) is 4.74 Å². The number of rotatable bonds is 6. The van der Waals surface area contributed by atoms with Gasteiger partial charge in [-0.25, -0.2) is 19.9 Å². The lowest BCUT2D eigenvalue weighted by molar-refractivity contribution is 0.0979. The molecule has 0 atom stereocenters. The molecular weight excluding hydrogens is 436 g/mol. The minimum absolute atomic E-state index is 0.223. The molecular formula is C24H18N6O2S. The molecule has 3 heterocycles. The Labute approximate surface area is 193 Å². The quantitative estimate of drug-likeness (QED) is 0.375. The smallest absolute Gasteiger partial charge is 0.281 e. The summed E-state index contributed by atoms with van der Waals surface area (Å²) in [5.41, 5.74) is 2.57. The summed E-state index contributed by atoms with van der Waals surface area (Å²) < 4.78 is 5.22. The van der Waals surface area contributed by atoms with Crippen molar-refractivity contribution < 1.29 is 9.53 Å². The zero-order valence-corrected chi connectivity index (χ0v) is 18.4. The van der Waals surface area contributed by atoms with Crippen LogP contribution >= 0.6 is 11.3 Å². The molecule has 8 nitrogen and oxygen atoms in total. The first-order valence-corrected chi connectivity index (χ1v) is 10.9. The summed E-state index contributed by atoms with van der Waals surface area (Å²) in [6.07, 6.45) is 6.45. The Morgan fingerprint density at radius 2 is 1.67 bits per heavy atom. The predicted molar refractivity (Wildman–Crippen MR) is 126 cm³/mol. The topological polar surface area (TPSA) is 94.0 Å². The summed E-state index contributed by atoms with van der Waals surface area (Å²) in [5, 5.41) is 0.847. The fourth-order valence-electron chi connectivity index (χ4n) is 3.27. The number of para-hydroxylation sites is 2. The molecule has 0 aliphatic carbocycles. The normalized spacial score (nSPS) is 10.8. The molecule has 0 N–H and O–H groups in total. The highest BCUT2D eigenvalue weighted by Crippen LogP contribution is 2.28. The van der Waals surface area contributed by atoms with E-state index in [1.165, 1.54) is 22.4 Å². The van der Waals surface area contributed by atoms with Crippen molar-refractivity contribution in [3.8, 4) is 16.3 Å². The van der Waals surface area contributed by atoms with E-state index in [0.717, 1.165) is 26.7 Å². The lowest BCUT2D eigenvalue weighted by Gasteiger charge is -2.19. The number of nitrogens with zero attached hydrogens (tertiary/aromatic N) is 6. The molecule has 0 aliphatic rings. The molecule has 5 aromatic rings. The van der Waals surface area contributed by atoms with E-state index in [0.29, 0.717) is 5.52 Å². The summed E-state index contributed by atoms with van der Waals surface area (Å²) >= 11 is 1.50. The number of thiazole rings is 1. The van der Waals surface area contributed by atoms with E-state index in [-0.39, 0.29) is 24.1 Å². The molecule has 0 radical (unpaired) electrons. The second-order valence-corrected chi connectivity index (χ2v) is 8.16. The van der Waals surface area contributed by atoms with E-state index in [9.17, 15) is 4.79 Å². The first-order chi connectivity index (χ1) is 16.2. The van der Waals surface area contributed by atoms with Crippen molar-refractivity contribution in [1.82, 2.24) is 24.9 Å². The Kier molecular flexibility index (Phi) is 5.69. The van der Waals surface area contributed by atoms with Gasteiger partial charge in [0.05, 0.1) is 30.9 Å². The third-order valence-corrected chi connectivity index (χ3v) is 5.94. The molecule has 0 fully saturated rings. The van der Waals surface area contributed by atoms with Crippen LogP contribution < -0.4 is 9.64 Å². The predicted octanol–water partition coefficient (Wildman–Crippen LogP) is 4.40. The number of carbonyl (C=O) groups excluding carboxylic acids is 1. The van der Waals surface area contributed by atoms with Gasteiger partial charge in [-0.1, -0.05) is 12.1 Å². The van der Waals surface area contributed by atoms with Gasteiger partial charge in [-0.3, -0.25) is 14.7 Å². The van der Waals surface area contributed by atoms with Crippen molar-refractivity contribution in [1.29, 1.82) is 0 Å². The molecule has 0 unspecified atom stereocenters. The van der Waals surface area contributed by atoms with Crippen LogP contribution in [-0.2, 0) is 6.54 Å². The molecule has 5 rings (SSSR count). The third-order valence-electron chi connectivity index (χ3n) is 4.91. The van der Waals surface area contributed by atoms with Gasteiger partial charge in [-0.2, -0.15) is 0 Å². The summed E-state index contributed by atoms with van der Waals surface area (Å²) in [6, 6.07) is 16.8. The summed E-state index contributed by atoms with van der Waals surface area (Å²) in [4.78, 5) is 37.8. The van der Waals surface area contributed by atoms with Crippen molar-refractivity contribution >= 4 is 34.2 Å². The van der Waals surface area contributed by atoms with Crippen molar-refractivity contribution in [2.45, 2.75) is 6.54 Å². The van der Waals surface area contributed by atoms with Gasteiger partial charge < -0.3 is 4.74 Å². The zero-order chi connectivity index (χ0) is 22.6. The van der Waals surface area contributed by atoms with Crippen molar-refractivity contribution in [2.24, 2.45) is 0 Å². The fraction of sp³-hybridized carbons (Fsp3) is 0.0833. The lowest BCUT2D eigenvalue weighted by atomic mass is 10.2. The van der Waals surface area contributed by atoms with Crippen LogP contribution in [0.4, 0.5) is 5.95 Å². The number of carbonyl (C=O) groups is 1. The molecule has 0 saturated carbocycles. The van der Waals surface area contributed by atoms with Gasteiger partial charge >= 0.3 is 0 Å². The number of aromatic nitrogens is 5. The molecule has 0 aliphatic heterocycles. The molecule has 9 heteroatoms. The summed E-state index contributed by atoms with van der Waals surface area (Å²) in [5.74, 6) is 0.737. The number of fused-ring (bicyclic) bond motifs is 1. The van der Waals surface area contributed by atoms with Crippen LogP contribution in [0.1, 0.15) is 15.4 Å². The summed E-state index contributed by atoms with van der Waals surface area (Å²) in [7, 11) is 1.63. The van der Waals surface area contributed by atoms with Gasteiger partial charge in [0.25, 0.3) is 5.91 Å². The SMILES string of the molecule is COc1ccc(-c2ncc(CN(C(=O)c3cnc4ccccc4n3)c3ncccn3)s2)cc1. The lowest BCUT2D eigenvalue weighted by Crippen LogP contribution is -2.32. The molecule has 2 aromatic carbocycles. The van der Waals surface area contributed by atoms with Crippen molar-refractivity contribution in [2.75, 3.05) is 12.0 Å². The van der Waals surface area contributed by atoms with Crippen LogP contribution in [0.2, 0.25) is 0 Å². The average Bonchev–Trinajstić information content (AvgIpc) is 3.36. The number of hydrogen-bond acceptors (Lipinski definition) is 8. The van der Waals surface area contributed by atoms with Crippen molar-refractivity contribution in [3.05, 3.63) is 90.0 Å². The maximum atomic E-state index is 13.5. The Balaban J connectivity index is 1.46. The summed E-state index contributed by atoms with van der Waals surface area (Å²) in [6.45, 7) is 0.255. The first-order valence-electron chi connectivity index (χ1n) is 10.1. The van der Waals surface area contributed by atoms with E-state index >= 15 is 0 Å². The number of ether oxygens (including phenoxy) is 1. The fourth-order valence-corrected chi connectivity index (χ4v) is 4.17. The number of benzene rings is 2. The third kappa shape index (κ3) is 4.39. The van der Waals surface area contributed by atoms with Crippen molar-refractivity contribution in [3.63, 3.8) is 0 Å². The van der Waals surface area contributed by atoms with Crippen LogP contribution in [0.3, 0.4) is 0 Å². The molecule has 1 amide bonds. The minimum atomic E-state index is -0.334. The van der Waals surface area contributed by atoms with Gasteiger partial charge in [0.2, 0.25) is 5.95 Å². The standard InChI is InChI=1S/C24H18N6O2S/c1-32-17-9-7-16(8-10-17)22-28-13-18(33-22)15-30(24-25-11-4-12-26-24)23(31)21-14-27-19-5-2-3-6-20(19)29-21/h2-14H,15H2,1H3.